The maximum Gasteiger partial charge on any atom is 0.190 e. The fourth-order valence-electron chi connectivity index (χ4n) is 2.61. The van der Waals surface area contributed by atoms with Crippen LogP contribution < -0.4 is 10.6 Å². The first kappa shape index (κ1) is 20.5. The smallest absolute Gasteiger partial charge is 0.190 e. The summed E-state index contributed by atoms with van der Waals surface area (Å²) in [5.41, 5.74) is 3.29. The number of hydrogen-bond acceptors (Lipinski definition) is 2. The first-order chi connectivity index (χ1) is 12.2. The Morgan fingerprint density at radius 2 is 1.81 bits per heavy atom. The molecular formula is C19H23ClIN5. The average molecular weight is 484 g/mol. The van der Waals surface area contributed by atoms with Gasteiger partial charge in [0.25, 0.3) is 0 Å². The molecule has 0 unspecified atom stereocenters. The molecule has 0 saturated carbocycles. The normalized spacial score (nSPS) is 11.2. The third-order valence-corrected chi connectivity index (χ3v) is 4.18. The van der Waals surface area contributed by atoms with E-state index in [2.05, 4.69) is 26.8 Å². The summed E-state index contributed by atoms with van der Waals surface area (Å²) in [6, 6.07) is 13.9. The van der Waals surface area contributed by atoms with Crippen molar-refractivity contribution < 1.29 is 0 Å². The monoisotopic (exact) mass is 483 g/mol. The minimum atomic E-state index is 0. The van der Waals surface area contributed by atoms with Gasteiger partial charge >= 0.3 is 0 Å². The van der Waals surface area contributed by atoms with Crippen LogP contribution in [0.4, 0.5) is 0 Å². The van der Waals surface area contributed by atoms with E-state index in [0.29, 0.717) is 0 Å². The average Bonchev–Trinajstić information content (AvgIpc) is 3.05. The molecule has 0 aliphatic rings. The number of hydrogen-bond donors (Lipinski definition) is 2. The lowest BCUT2D eigenvalue weighted by Gasteiger charge is -2.11. The summed E-state index contributed by atoms with van der Waals surface area (Å²) in [5, 5.41) is 7.42. The van der Waals surface area contributed by atoms with E-state index in [0.717, 1.165) is 48.3 Å². The van der Waals surface area contributed by atoms with E-state index in [1.54, 1.807) is 7.05 Å². The number of nitrogens with one attached hydrogen (secondary N) is 2. The molecular weight excluding hydrogens is 461 g/mol. The van der Waals surface area contributed by atoms with Gasteiger partial charge < -0.3 is 15.0 Å². The van der Waals surface area contributed by atoms with Crippen molar-refractivity contribution in [1.29, 1.82) is 0 Å². The minimum absolute atomic E-state index is 0. The molecule has 0 spiro atoms. The Hall–Kier alpha value is -1.80. The van der Waals surface area contributed by atoms with Crippen LogP contribution in [-0.4, -0.2) is 35.5 Å². The highest BCUT2D eigenvalue weighted by atomic mass is 127. The van der Waals surface area contributed by atoms with Gasteiger partial charge in [0.15, 0.2) is 5.96 Å². The Balaban J connectivity index is 0.00000243. The van der Waals surface area contributed by atoms with E-state index in [9.17, 15) is 0 Å². The zero-order valence-corrected chi connectivity index (χ0v) is 17.7. The summed E-state index contributed by atoms with van der Waals surface area (Å²) in [4.78, 5) is 8.85. The number of nitrogens with zero attached hydrogens (tertiary/aromatic N) is 3. The maximum absolute atomic E-state index is 5.90. The predicted molar refractivity (Wildman–Crippen MR) is 119 cm³/mol. The van der Waals surface area contributed by atoms with Crippen LogP contribution in [0, 0.1) is 0 Å². The molecule has 26 heavy (non-hydrogen) atoms. The van der Waals surface area contributed by atoms with Gasteiger partial charge in [-0.3, -0.25) is 4.99 Å². The molecule has 0 saturated heterocycles. The number of aliphatic imine (C=N–C) groups is 1. The molecule has 0 fully saturated rings. The SMILES string of the molecule is CN=C(NCCc1ccc(Cl)cc1)NCCc1cn2ccccc2n1.I. The number of guanidine groups is 1. The van der Waals surface area contributed by atoms with Crippen molar-refractivity contribution in [2.75, 3.05) is 20.1 Å². The van der Waals surface area contributed by atoms with Crippen LogP contribution >= 0.6 is 35.6 Å². The third kappa shape index (κ3) is 5.88. The lowest BCUT2D eigenvalue weighted by Crippen LogP contribution is -2.39. The second kappa shape index (κ2) is 10.4. The topological polar surface area (TPSA) is 53.7 Å². The molecule has 1 aromatic carbocycles. The highest BCUT2D eigenvalue weighted by Crippen LogP contribution is 2.09. The largest absolute Gasteiger partial charge is 0.356 e. The van der Waals surface area contributed by atoms with Crippen LogP contribution in [-0.2, 0) is 12.8 Å². The number of halogens is 2. The Kier molecular flexibility index (Phi) is 8.18. The molecule has 0 aliphatic carbocycles. The standard InChI is InChI=1S/C19H22ClN5.HI/c1-21-19(22-11-9-15-5-7-16(20)8-6-15)23-12-10-17-14-25-13-3-2-4-18(25)24-17;/h2-8,13-14H,9-12H2,1H3,(H2,21,22,23);1H. The minimum Gasteiger partial charge on any atom is -0.356 e. The second-order valence-electron chi connectivity index (χ2n) is 5.75. The van der Waals surface area contributed by atoms with E-state index >= 15 is 0 Å². The molecule has 2 N–H and O–H groups in total. The summed E-state index contributed by atoms with van der Waals surface area (Å²) in [7, 11) is 1.78. The van der Waals surface area contributed by atoms with Crippen molar-refractivity contribution in [2.24, 2.45) is 4.99 Å². The highest BCUT2D eigenvalue weighted by molar-refractivity contribution is 14.0. The number of aromatic nitrogens is 2. The summed E-state index contributed by atoms with van der Waals surface area (Å²) in [5.74, 6) is 0.803. The Morgan fingerprint density at radius 3 is 2.50 bits per heavy atom. The molecule has 3 rings (SSSR count). The first-order valence-corrected chi connectivity index (χ1v) is 8.74. The number of rotatable bonds is 6. The van der Waals surface area contributed by atoms with E-state index in [1.807, 2.05) is 53.1 Å². The van der Waals surface area contributed by atoms with Crippen molar-refractivity contribution in [3.63, 3.8) is 0 Å². The molecule has 0 radical (unpaired) electrons. The summed E-state index contributed by atoms with van der Waals surface area (Å²) < 4.78 is 2.04. The lowest BCUT2D eigenvalue weighted by molar-refractivity contribution is 0.778. The third-order valence-electron chi connectivity index (χ3n) is 3.93. The van der Waals surface area contributed by atoms with Crippen molar-refractivity contribution in [2.45, 2.75) is 12.8 Å². The number of fused-ring (bicyclic) bond motifs is 1. The van der Waals surface area contributed by atoms with Crippen molar-refractivity contribution in [3.05, 3.63) is 71.1 Å². The van der Waals surface area contributed by atoms with Gasteiger partial charge in [0, 0.05) is 44.0 Å². The van der Waals surface area contributed by atoms with E-state index in [1.165, 1.54) is 5.56 Å². The van der Waals surface area contributed by atoms with Crippen LogP contribution in [0.1, 0.15) is 11.3 Å². The fraction of sp³-hybridized carbons (Fsp3) is 0.263. The number of imidazole rings is 1. The van der Waals surface area contributed by atoms with Gasteiger partial charge in [-0.15, -0.1) is 24.0 Å². The maximum atomic E-state index is 5.90. The second-order valence-corrected chi connectivity index (χ2v) is 6.19. The van der Waals surface area contributed by atoms with Crippen LogP contribution in [0.2, 0.25) is 5.02 Å². The van der Waals surface area contributed by atoms with Crippen LogP contribution in [0.25, 0.3) is 5.65 Å². The Labute approximate surface area is 175 Å². The molecule has 7 heteroatoms. The van der Waals surface area contributed by atoms with E-state index in [-0.39, 0.29) is 24.0 Å². The summed E-state index contributed by atoms with van der Waals surface area (Å²) in [6.07, 6.45) is 5.84. The quantitative estimate of drug-likeness (QED) is 0.320. The molecule has 5 nitrogen and oxygen atoms in total. The van der Waals surface area contributed by atoms with Crippen molar-refractivity contribution in [1.82, 2.24) is 20.0 Å². The van der Waals surface area contributed by atoms with Gasteiger partial charge in [-0.1, -0.05) is 29.8 Å². The Morgan fingerprint density at radius 1 is 1.08 bits per heavy atom. The van der Waals surface area contributed by atoms with Crippen LogP contribution in [0.15, 0.2) is 59.9 Å². The summed E-state index contributed by atoms with van der Waals surface area (Å²) in [6.45, 7) is 1.60. The molecule has 2 aromatic heterocycles. The zero-order chi connectivity index (χ0) is 17.5. The molecule has 3 aromatic rings. The predicted octanol–water partition coefficient (Wildman–Crippen LogP) is 3.56. The zero-order valence-electron chi connectivity index (χ0n) is 14.7. The van der Waals surface area contributed by atoms with Gasteiger partial charge in [0.05, 0.1) is 5.69 Å². The molecule has 0 bridgehead atoms. The molecule has 138 valence electrons. The highest BCUT2D eigenvalue weighted by Gasteiger charge is 2.02. The number of pyridine rings is 1. The fourth-order valence-corrected chi connectivity index (χ4v) is 2.74. The first-order valence-electron chi connectivity index (χ1n) is 8.36. The molecule has 2 heterocycles. The summed E-state index contributed by atoms with van der Waals surface area (Å²) >= 11 is 5.90. The van der Waals surface area contributed by atoms with Gasteiger partial charge in [-0.05, 0) is 36.2 Å². The Bertz CT molecular complexity index is 812. The van der Waals surface area contributed by atoms with Crippen molar-refractivity contribution in [3.8, 4) is 0 Å². The lowest BCUT2D eigenvalue weighted by atomic mass is 10.1. The number of benzene rings is 1. The van der Waals surface area contributed by atoms with E-state index in [4.69, 9.17) is 11.6 Å². The van der Waals surface area contributed by atoms with Gasteiger partial charge in [0.2, 0.25) is 0 Å². The molecule has 0 atom stereocenters. The van der Waals surface area contributed by atoms with Gasteiger partial charge in [-0.2, -0.15) is 0 Å². The van der Waals surface area contributed by atoms with Gasteiger partial charge in [-0.25, -0.2) is 4.98 Å². The van der Waals surface area contributed by atoms with Crippen LogP contribution in [0.3, 0.4) is 0 Å². The van der Waals surface area contributed by atoms with Crippen LogP contribution in [0.5, 0.6) is 0 Å². The molecule has 0 aliphatic heterocycles. The van der Waals surface area contributed by atoms with E-state index < -0.39 is 0 Å². The van der Waals surface area contributed by atoms with Gasteiger partial charge in [0.1, 0.15) is 5.65 Å². The molecule has 0 amide bonds. The van der Waals surface area contributed by atoms with Crippen molar-refractivity contribution >= 4 is 47.2 Å².